The van der Waals surface area contributed by atoms with Crippen LogP contribution < -0.4 is 5.56 Å². The number of hydrogen-bond acceptors (Lipinski definition) is 3. The van der Waals surface area contributed by atoms with Crippen molar-refractivity contribution in [2.75, 3.05) is 39.4 Å². The molecule has 0 radical (unpaired) electrons. The number of rotatable bonds is 0. The summed E-state index contributed by atoms with van der Waals surface area (Å²) in [6.45, 7) is 4.83. The van der Waals surface area contributed by atoms with Crippen LogP contribution in [0.15, 0.2) is 23.0 Å². The monoisotopic (exact) mass is 303 g/mol. The van der Waals surface area contributed by atoms with Crippen molar-refractivity contribution in [1.29, 1.82) is 0 Å². The number of pyridine rings is 1. The van der Waals surface area contributed by atoms with Crippen molar-refractivity contribution in [2.45, 2.75) is 18.9 Å². The molecular formula is C16H21N3O3. The average Bonchev–Trinajstić information content (AvgIpc) is 2.56. The summed E-state index contributed by atoms with van der Waals surface area (Å²) < 4.78 is 7.22. The molecule has 3 aliphatic rings. The molecule has 0 spiro atoms. The molecule has 4 heterocycles. The highest BCUT2D eigenvalue weighted by atomic mass is 16.5. The summed E-state index contributed by atoms with van der Waals surface area (Å²) in [5.41, 5.74) is 1.17. The van der Waals surface area contributed by atoms with E-state index in [1.165, 1.54) is 0 Å². The van der Waals surface area contributed by atoms with Crippen molar-refractivity contribution in [3.05, 3.63) is 34.2 Å². The molecule has 0 N–H and O–H groups in total. The molecule has 6 heteroatoms. The maximum Gasteiger partial charge on any atom is 0.320 e. The SMILES string of the molecule is O=C(N1CCOCC1)N1C[C@H]2C[C@@H](C1)c1cccc(=O)n1C2. The summed E-state index contributed by atoms with van der Waals surface area (Å²) in [7, 11) is 0. The Morgan fingerprint density at radius 3 is 2.73 bits per heavy atom. The van der Waals surface area contributed by atoms with Gasteiger partial charge in [-0.25, -0.2) is 4.79 Å². The lowest BCUT2D eigenvalue weighted by atomic mass is 9.83. The van der Waals surface area contributed by atoms with Gasteiger partial charge in [0, 0.05) is 50.4 Å². The first-order chi connectivity index (χ1) is 10.7. The molecule has 2 bridgehead atoms. The van der Waals surface area contributed by atoms with E-state index < -0.39 is 0 Å². The standard InChI is InChI=1S/C16H21N3O3/c20-15-3-1-2-14-13-8-12(10-19(14)15)9-18(11-13)16(21)17-4-6-22-7-5-17/h1-3,12-13H,4-11H2/t12-,13+/m1/s1. The van der Waals surface area contributed by atoms with Gasteiger partial charge in [-0.1, -0.05) is 6.07 Å². The van der Waals surface area contributed by atoms with Crippen LogP contribution in [-0.2, 0) is 11.3 Å². The van der Waals surface area contributed by atoms with E-state index in [1.807, 2.05) is 26.5 Å². The second kappa shape index (κ2) is 5.43. The number of piperidine rings is 1. The van der Waals surface area contributed by atoms with Crippen LogP contribution in [-0.4, -0.2) is 59.8 Å². The molecule has 2 saturated heterocycles. The summed E-state index contributed by atoms with van der Waals surface area (Å²) in [5, 5.41) is 0. The minimum atomic E-state index is 0.0835. The number of fused-ring (bicyclic) bond motifs is 4. The molecule has 118 valence electrons. The lowest BCUT2D eigenvalue weighted by Gasteiger charge is -2.44. The van der Waals surface area contributed by atoms with Crippen molar-refractivity contribution in [3.8, 4) is 0 Å². The molecule has 22 heavy (non-hydrogen) atoms. The van der Waals surface area contributed by atoms with E-state index >= 15 is 0 Å². The predicted molar refractivity (Wildman–Crippen MR) is 80.9 cm³/mol. The third-order valence-corrected chi connectivity index (χ3v) is 5.03. The van der Waals surface area contributed by atoms with Crippen molar-refractivity contribution in [1.82, 2.24) is 14.4 Å². The summed E-state index contributed by atoms with van der Waals surface area (Å²) in [6, 6.07) is 5.62. The second-order valence-corrected chi connectivity index (χ2v) is 6.49. The number of aromatic nitrogens is 1. The van der Waals surface area contributed by atoms with Crippen molar-refractivity contribution >= 4 is 6.03 Å². The molecule has 2 amide bonds. The maximum atomic E-state index is 12.7. The van der Waals surface area contributed by atoms with Crippen molar-refractivity contribution < 1.29 is 9.53 Å². The minimum absolute atomic E-state index is 0.0835. The molecule has 0 aliphatic carbocycles. The molecule has 0 aromatic carbocycles. The Labute approximate surface area is 129 Å². The molecular weight excluding hydrogens is 282 g/mol. The van der Waals surface area contributed by atoms with E-state index in [0.717, 1.165) is 31.7 Å². The highest BCUT2D eigenvalue weighted by Gasteiger charge is 2.37. The Bertz CT molecular complexity index is 636. The fraction of sp³-hybridized carbons (Fsp3) is 0.625. The summed E-state index contributed by atoms with van der Waals surface area (Å²) in [6.07, 6.45) is 1.08. The van der Waals surface area contributed by atoms with Gasteiger partial charge in [-0.05, 0) is 18.4 Å². The smallest absolute Gasteiger partial charge is 0.320 e. The molecule has 3 aliphatic heterocycles. The van der Waals surface area contributed by atoms with Gasteiger partial charge in [0.15, 0.2) is 0 Å². The van der Waals surface area contributed by atoms with Gasteiger partial charge in [0.1, 0.15) is 0 Å². The molecule has 1 aromatic rings. The second-order valence-electron chi connectivity index (χ2n) is 6.49. The molecule has 6 nitrogen and oxygen atoms in total. The fourth-order valence-electron chi connectivity index (χ4n) is 4.01. The van der Waals surface area contributed by atoms with Crippen LogP contribution in [0, 0.1) is 5.92 Å². The first kappa shape index (κ1) is 13.8. The van der Waals surface area contributed by atoms with Gasteiger partial charge in [-0.2, -0.15) is 0 Å². The van der Waals surface area contributed by atoms with Crippen LogP contribution in [0.1, 0.15) is 18.0 Å². The Hall–Kier alpha value is -1.82. The molecule has 2 fully saturated rings. The molecule has 1 aromatic heterocycles. The first-order valence-electron chi connectivity index (χ1n) is 8.04. The maximum absolute atomic E-state index is 12.7. The van der Waals surface area contributed by atoms with E-state index in [0.29, 0.717) is 32.2 Å². The summed E-state index contributed by atoms with van der Waals surface area (Å²) in [5.74, 6) is 0.669. The van der Waals surface area contributed by atoms with Gasteiger partial charge in [0.2, 0.25) is 0 Å². The van der Waals surface area contributed by atoms with E-state index in [2.05, 4.69) is 0 Å². The van der Waals surface area contributed by atoms with Crippen LogP contribution in [0.3, 0.4) is 0 Å². The van der Waals surface area contributed by atoms with Crippen LogP contribution in [0.5, 0.6) is 0 Å². The zero-order valence-electron chi connectivity index (χ0n) is 12.6. The normalized spacial score (nSPS) is 27.5. The zero-order chi connectivity index (χ0) is 15.1. The molecule has 0 unspecified atom stereocenters. The third-order valence-electron chi connectivity index (χ3n) is 5.03. The number of carbonyl (C=O) groups is 1. The third kappa shape index (κ3) is 2.31. The van der Waals surface area contributed by atoms with Crippen LogP contribution >= 0.6 is 0 Å². The Morgan fingerprint density at radius 1 is 1.09 bits per heavy atom. The van der Waals surface area contributed by atoms with E-state index in [9.17, 15) is 9.59 Å². The number of likely N-dealkylation sites (tertiary alicyclic amines) is 1. The number of amides is 2. The average molecular weight is 303 g/mol. The quantitative estimate of drug-likeness (QED) is 0.709. The van der Waals surface area contributed by atoms with Gasteiger partial charge >= 0.3 is 6.03 Å². The van der Waals surface area contributed by atoms with E-state index in [-0.39, 0.29) is 17.5 Å². The van der Waals surface area contributed by atoms with Gasteiger partial charge in [0.25, 0.3) is 5.56 Å². The molecule has 2 atom stereocenters. The Morgan fingerprint density at radius 2 is 1.91 bits per heavy atom. The lowest BCUT2D eigenvalue weighted by Crippen LogP contribution is -2.54. The summed E-state index contributed by atoms with van der Waals surface area (Å²) >= 11 is 0. The Kier molecular flexibility index (Phi) is 3.41. The predicted octanol–water partition coefficient (Wildman–Crippen LogP) is 0.720. The largest absolute Gasteiger partial charge is 0.378 e. The molecule has 4 rings (SSSR count). The van der Waals surface area contributed by atoms with Gasteiger partial charge in [0.05, 0.1) is 13.2 Å². The summed E-state index contributed by atoms with van der Waals surface area (Å²) in [4.78, 5) is 28.6. The van der Waals surface area contributed by atoms with E-state index in [4.69, 9.17) is 4.74 Å². The van der Waals surface area contributed by atoms with Crippen LogP contribution in [0.25, 0.3) is 0 Å². The first-order valence-corrected chi connectivity index (χ1v) is 8.04. The molecule has 0 saturated carbocycles. The van der Waals surface area contributed by atoms with Crippen molar-refractivity contribution in [3.63, 3.8) is 0 Å². The number of ether oxygens (including phenoxy) is 1. The minimum Gasteiger partial charge on any atom is -0.378 e. The number of nitrogens with zero attached hydrogens (tertiary/aromatic N) is 3. The highest BCUT2D eigenvalue weighted by molar-refractivity contribution is 5.74. The number of carbonyl (C=O) groups excluding carboxylic acids is 1. The lowest BCUT2D eigenvalue weighted by molar-refractivity contribution is 0.0353. The fourth-order valence-corrected chi connectivity index (χ4v) is 4.01. The van der Waals surface area contributed by atoms with Gasteiger partial charge < -0.3 is 19.1 Å². The number of morpholine rings is 1. The van der Waals surface area contributed by atoms with Crippen LogP contribution in [0.4, 0.5) is 4.79 Å². The van der Waals surface area contributed by atoms with E-state index in [1.54, 1.807) is 6.07 Å². The number of hydrogen-bond donors (Lipinski definition) is 0. The van der Waals surface area contributed by atoms with Gasteiger partial charge in [-0.15, -0.1) is 0 Å². The zero-order valence-corrected chi connectivity index (χ0v) is 12.6. The topological polar surface area (TPSA) is 54.8 Å². The number of urea groups is 1. The van der Waals surface area contributed by atoms with Crippen LogP contribution in [0.2, 0.25) is 0 Å². The van der Waals surface area contributed by atoms with Gasteiger partial charge in [-0.3, -0.25) is 4.79 Å². The Balaban J connectivity index is 1.55. The highest BCUT2D eigenvalue weighted by Crippen LogP contribution is 2.35. The van der Waals surface area contributed by atoms with Crippen molar-refractivity contribution in [2.24, 2.45) is 5.92 Å².